The van der Waals surface area contributed by atoms with Crippen molar-refractivity contribution in [1.29, 1.82) is 0 Å². The molecule has 12 heteroatoms. The fraction of sp³-hybridized carbons (Fsp3) is 0.240. The van der Waals surface area contributed by atoms with E-state index in [1.54, 1.807) is 19.1 Å². The van der Waals surface area contributed by atoms with Gasteiger partial charge in [-0.25, -0.2) is 0 Å². The number of halogens is 6. The average Bonchev–Trinajstić information content (AvgIpc) is 3.20. The molecule has 2 aromatic carbocycles. The third-order valence-electron chi connectivity index (χ3n) is 5.86. The molecule has 37 heavy (non-hydrogen) atoms. The minimum atomic E-state index is -5.02. The minimum absolute atomic E-state index is 0.0980. The largest absolute Gasteiger partial charge is 0.496 e. The number of alkyl halides is 6. The summed E-state index contributed by atoms with van der Waals surface area (Å²) in [5, 5.41) is 5.11. The monoisotopic (exact) mass is 522 g/mol. The van der Waals surface area contributed by atoms with Crippen LogP contribution < -0.4 is 10.5 Å². The van der Waals surface area contributed by atoms with Crippen LogP contribution in [0.5, 0.6) is 5.75 Å². The number of carbonyl (C=O) groups is 1. The molecule has 2 N–H and O–H groups in total. The molecule has 0 bridgehead atoms. The predicted molar refractivity (Wildman–Crippen MR) is 125 cm³/mol. The highest BCUT2D eigenvalue weighted by Crippen LogP contribution is 2.39. The van der Waals surface area contributed by atoms with Crippen molar-refractivity contribution in [2.75, 3.05) is 7.11 Å². The number of allylic oxidation sites excluding steroid dienone is 2. The summed E-state index contributed by atoms with van der Waals surface area (Å²) in [6.07, 6.45) is -7.09. The van der Waals surface area contributed by atoms with Gasteiger partial charge in [-0.2, -0.15) is 31.4 Å². The summed E-state index contributed by atoms with van der Waals surface area (Å²) >= 11 is 0. The number of methoxy groups -OCH3 is 1. The zero-order valence-electron chi connectivity index (χ0n) is 19.8. The smallest absolute Gasteiger partial charge is 0.416 e. The van der Waals surface area contributed by atoms with E-state index in [4.69, 9.17) is 10.5 Å². The number of rotatable bonds is 5. The van der Waals surface area contributed by atoms with Gasteiger partial charge in [0.1, 0.15) is 5.75 Å². The van der Waals surface area contributed by atoms with Gasteiger partial charge >= 0.3 is 12.4 Å². The maximum absolute atomic E-state index is 13.7. The standard InChI is InChI=1S/C25H20F6N4O2/c1-12(32)22(13(2)36)18-7-20-17(8-21(18)37-3)23-15(9-33-20)10-34-35(23)11-14-4-5-16(24(26,27)28)6-19(14)25(29,30)31/h4-10H,11,32H2,1-3H3. The Morgan fingerprint density at radius 3 is 2.30 bits per heavy atom. The van der Waals surface area contributed by atoms with Crippen molar-refractivity contribution in [3.63, 3.8) is 0 Å². The fourth-order valence-corrected chi connectivity index (χ4v) is 4.27. The number of benzene rings is 2. The lowest BCUT2D eigenvalue weighted by Gasteiger charge is -2.17. The summed E-state index contributed by atoms with van der Waals surface area (Å²) < 4.78 is 87.0. The normalized spacial score (nSPS) is 13.2. The van der Waals surface area contributed by atoms with Crippen LogP contribution in [0.3, 0.4) is 0 Å². The van der Waals surface area contributed by atoms with Crippen molar-refractivity contribution in [1.82, 2.24) is 14.8 Å². The van der Waals surface area contributed by atoms with Gasteiger partial charge in [0.2, 0.25) is 0 Å². The number of ketones is 1. The van der Waals surface area contributed by atoms with Crippen molar-refractivity contribution in [2.24, 2.45) is 5.73 Å². The number of aromatic nitrogens is 3. The number of hydrogen-bond acceptors (Lipinski definition) is 5. The summed E-state index contributed by atoms with van der Waals surface area (Å²) in [5.41, 5.74) is 4.38. The van der Waals surface area contributed by atoms with Crippen molar-refractivity contribution in [3.8, 4) is 5.75 Å². The highest BCUT2D eigenvalue weighted by atomic mass is 19.4. The van der Waals surface area contributed by atoms with Gasteiger partial charge < -0.3 is 10.5 Å². The van der Waals surface area contributed by atoms with E-state index in [9.17, 15) is 31.1 Å². The van der Waals surface area contributed by atoms with Crippen LogP contribution in [0.4, 0.5) is 26.3 Å². The van der Waals surface area contributed by atoms with E-state index < -0.39 is 30.0 Å². The molecule has 0 atom stereocenters. The van der Waals surface area contributed by atoms with Crippen molar-refractivity contribution in [3.05, 3.63) is 70.7 Å². The van der Waals surface area contributed by atoms with Crippen molar-refractivity contribution >= 4 is 33.2 Å². The van der Waals surface area contributed by atoms with Crippen LogP contribution in [0.15, 0.2) is 48.4 Å². The molecule has 4 rings (SSSR count). The van der Waals surface area contributed by atoms with Crippen LogP contribution in [-0.2, 0) is 23.7 Å². The third kappa shape index (κ3) is 4.83. The number of pyridine rings is 1. The molecule has 0 aliphatic heterocycles. The van der Waals surface area contributed by atoms with Gasteiger partial charge in [0.25, 0.3) is 0 Å². The molecule has 0 aliphatic rings. The maximum Gasteiger partial charge on any atom is 0.416 e. The van der Waals surface area contributed by atoms with E-state index in [1.807, 2.05) is 0 Å². The molecule has 0 spiro atoms. The Labute approximate surface area is 206 Å². The third-order valence-corrected chi connectivity index (χ3v) is 5.86. The number of hydrogen-bond donors (Lipinski definition) is 1. The summed E-state index contributed by atoms with van der Waals surface area (Å²) in [4.78, 5) is 16.6. The van der Waals surface area contributed by atoms with Gasteiger partial charge in [-0.15, -0.1) is 0 Å². The molecule has 0 amide bonds. The SMILES string of the molecule is COc1cc2c(cc1C(C(C)=O)=C(C)N)ncc1cnn(Cc3ccc(C(F)(F)F)cc3C(F)(F)F)c12. The van der Waals surface area contributed by atoms with Crippen LogP contribution in [0.25, 0.3) is 27.4 Å². The van der Waals surface area contributed by atoms with E-state index in [2.05, 4.69) is 10.1 Å². The molecule has 0 unspecified atom stereocenters. The molecular weight excluding hydrogens is 502 g/mol. The second-order valence-corrected chi connectivity index (χ2v) is 8.42. The first-order valence-corrected chi connectivity index (χ1v) is 10.8. The predicted octanol–water partition coefficient (Wildman–Crippen LogP) is 5.96. The molecule has 0 aliphatic carbocycles. The number of fused-ring (bicyclic) bond motifs is 3. The molecule has 194 valence electrons. The summed E-state index contributed by atoms with van der Waals surface area (Å²) in [7, 11) is 1.39. The number of ether oxygens (including phenoxy) is 1. The summed E-state index contributed by atoms with van der Waals surface area (Å²) in [6, 6.07) is 4.66. The highest BCUT2D eigenvalue weighted by molar-refractivity contribution is 6.22. The zero-order chi connectivity index (χ0) is 27.3. The molecule has 0 radical (unpaired) electrons. The topological polar surface area (TPSA) is 83.0 Å². The van der Waals surface area contributed by atoms with Crippen molar-refractivity contribution < 1.29 is 35.9 Å². The number of Topliss-reactive ketones (excluding diaryl/α,β-unsaturated/α-hetero) is 1. The second-order valence-electron chi connectivity index (χ2n) is 8.42. The Hall–Kier alpha value is -4.09. The lowest BCUT2D eigenvalue weighted by atomic mass is 9.97. The molecule has 4 aromatic rings. The lowest BCUT2D eigenvalue weighted by Crippen LogP contribution is -2.15. The van der Waals surface area contributed by atoms with Gasteiger partial charge in [0.15, 0.2) is 5.78 Å². The Kier molecular flexibility index (Phi) is 6.39. The number of nitrogens with zero attached hydrogens (tertiary/aromatic N) is 3. The first-order valence-electron chi connectivity index (χ1n) is 10.8. The molecule has 2 aromatic heterocycles. The van der Waals surface area contributed by atoms with E-state index >= 15 is 0 Å². The first-order chi connectivity index (χ1) is 17.2. The quantitative estimate of drug-likeness (QED) is 0.259. The molecular formula is C25H20F6N4O2. The Balaban J connectivity index is 1.93. The molecule has 0 saturated carbocycles. The molecule has 2 heterocycles. The van der Waals surface area contributed by atoms with E-state index in [0.717, 1.165) is 6.07 Å². The fourth-order valence-electron chi connectivity index (χ4n) is 4.27. The van der Waals surface area contributed by atoms with Crippen LogP contribution in [-0.4, -0.2) is 27.7 Å². The maximum atomic E-state index is 13.7. The van der Waals surface area contributed by atoms with Crippen LogP contribution in [0, 0.1) is 0 Å². The summed E-state index contributed by atoms with van der Waals surface area (Å²) in [5.74, 6) is -0.0270. The Morgan fingerprint density at radius 1 is 1.03 bits per heavy atom. The number of carbonyl (C=O) groups excluding carboxylic acids is 1. The van der Waals surface area contributed by atoms with Crippen LogP contribution in [0.2, 0.25) is 0 Å². The van der Waals surface area contributed by atoms with Gasteiger partial charge in [-0.1, -0.05) is 6.07 Å². The molecule has 0 fully saturated rings. The van der Waals surface area contributed by atoms with Gasteiger partial charge in [-0.05, 0) is 43.7 Å². The Morgan fingerprint density at radius 2 is 1.73 bits per heavy atom. The van der Waals surface area contributed by atoms with Gasteiger partial charge in [-0.3, -0.25) is 14.5 Å². The minimum Gasteiger partial charge on any atom is -0.496 e. The van der Waals surface area contributed by atoms with Crippen LogP contribution >= 0.6 is 0 Å². The zero-order valence-corrected chi connectivity index (χ0v) is 19.8. The van der Waals surface area contributed by atoms with Crippen molar-refractivity contribution in [2.45, 2.75) is 32.7 Å². The van der Waals surface area contributed by atoms with E-state index in [1.165, 1.54) is 31.1 Å². The number of nitrogens with two attached hydrogens (primary N) is 1. The average molecular weight is 522 g/mol. The van der Waals surface area contributed by atoms with Crippen LogP contribution in [0.1, 0.15) is 36.1 Å². The van der Waals surface area contributed by atoms with Gasteiger partial charge in [0.05, 0.1) is 42.0 Å². The summed E-state index contributed by atoms with van der Waals surface area (Å²) in [6.45, 7) is 2.46. The lowest BCUT2D eigenvalue weighted by molar-refractivity contribution is -0.143. The highest BCUT2D eigenvalue weighted by Gasteiger charge is 2.38. The molecule has 6 nitrogen and oxygen atoms in total. The van der Waals surface area contributed by atoms with E-state index in [0.29, 0.717) is 33.4 Å². The molecule has 0 saturated heterocycles. The van der Waals surface area contributed by atoms with Gasteiger partial charge in [0, 0.05) is 33.8 Å². The Bertz CT molecular complexity index is 1560. The van der Waals surface area contributed by atoms with E-state index in [-0.39, 0.29) is 34.4 Å². The first kappa shape index (κ1) is 26.0. The second kappa shape index (κ2) is 9.09.